The SMILES string of the molecule is CC(=O)C=C(O)CCc1ccc(-n2c3ccccc3c3ccccc32)cc1. The third kappa shape index (κ3) is 3.36. The maximum absolute atomic E-state index is 11.0. The van der Waals surface area contributed by atoms with Crippen molar-refractivity contribution < 1.29 is 9.90 Å². The number of hydrogen-bond donors (Lipinski definition) is 1. The van der Waals surface area contributed by atoms with E-state index in [0.29, 0.717) is 12.8 Å². The number of rotatable bonds is 5. The summed E-state index contributed by atoms with van der Waals surface area (Å²) in [6.07, 6.45) is 2.45. The quantitative estimate of drug-likeness (QED) is 0.366. The van der Waals surface area contributed by atoms with Gasteiger partial charge in [-0.1, -0.05) is 48.5 Å². The third-order valence-corrected chi connectivity index (χ3v) is 4.81. The fourth-order valence-corrected chi connectivity index (χ4v) is 3.59. The number of benzene rings is 3. The average molecular weight is 355 g/mol. The van der Waals surface area contributed by atoms with Gasteiger partial charge in [-0.05, 0) is 43.2 Å². The maximum atomic E-state index is 11.0. The van der Waals surface area contributed by atoms with E-state index in [9.17, 15) is 9.90 Å². The molecule has 0 spiro atoms. The molecule has 0 unspecified atom stereocenters. The standard InChI is InChI=1S/C24H21NO2/c1-17(26)16-20(27)15-12-18-10-13-19(14-11-18)25-23-8-4-2-6-21(23)22-7-3-5-9-24(22)25/h2-11,13-14,16,27H,12,15H2,1H3. The Labute approximate surface area is 158 Å². The number of ketones is 1. The van der Waals surface area contributed by atoms with Crippen LogP contribution in [-0.4, -0.2) is 15.5 Å². The normalized spacial score (nSPS) is 12.0. The van der Waals surface area contributed by atoms with Crippen molar-refractivity contribution in [1.29, 1.82) is 0 Å². The van der Waals surface area contributed by atoms with E-state index in [2.05, 4.69) is 77.4 Å². The highest BCUT2D eigenvalue weighted by molar-refractivity contribution is 6.09. The van der Waals surface area contributed by atoms with Crippen LogP contribution in [0.3, 0.4) is 0 Å². The van der Waals surface area contributed by atoms with Gasteiger partial charge in [0.2, 0.25) is 0 Å². The van der Waals surface area contributed by atoms with E-state index in [1.54, 1.807) is 0 Å². The lowest BCUT2D eigenvalue weighted by Gasteiger charge is -2.09. The average Bonchev–Trinajstić information content (AvgIpc) is 3.01. The van der Waals surface area contributed by atoms with Gasteiger partial charge in [0.25, 0.3) is 0 Å². The van der Waals surface area contributed by atoms with E-state index >= 15 is 0 Å². The number of para-hydroxylation sites is 2. The number of fused-ring (bicyclic) bond motifs is 3. The first-order chi connectivity index (χ1) is 13.1. The summed E-state index contributed by atoms with van der Waals surface area (Å²) in [5.41, 5.74) is 4.62. The van der Waals surface area contributed by atoms with Crippen molar-refractivity contribution in [2.24, 2.45) is 0 Å². The molecule has 134 valence electrons. The number of carbonyl (C=O) groups is 1. The van der Waals surface area contributed by atoms with Crippen LogP contribution in [0, 0.1) is 0 Å². The largest absolute Gasteiger partial charge is 0.512 e. The van der Waals surface area contributed by atoms with Crippen LogP contribution in [0.4, 0.5) is 0 Å². The third-order valence-electron chi connectivity index (χ3n) is 4.81. The van der Waals surface area contributed by atoms with Gasteiger partial charge in [0.05, 0.1) is 16.8 Å². The minimum Gasteiger partial charge on any atom is -0.512 e. The molecule has 0 bridgehead atoms. The minimum atomic E-state index is -0.130. The zero-order valence-electron chi connectivity index (χ0n) is 15.2. The van der Waals surface area contributed by atoms with Gasteiger partial charge in [-0.3, -0.25) is 4.79 Å². The molecule has 4 rings (SSSR count). The highest BCUT2D eigenvalue weighted by Gasteiger charge is 2.11. The van der Waals surface area contributed by atoms with Crippen molar-refractivity contribution in [2.75, 3.05) is 0 Å². The summed E-state index contributed by atoms with van der Waals surface area (Å²) < 4.78 is 2.28. The lowest BCUT2D eigenvalue weighted by molar-refractivity contribution is -0.112. The molecule has 1 N–H and O–H groups in total. The van der Waals surface area contributed by atoms with E-state index in [0.717, 1.165) is 11.3 Å². The zero-order valence-corrected chi connectivity index (χ0v) is 15.2. The topological polar surface area (TPSA) is 42.2 Å². The number of aliphatic hydroxyl groups is 1. The summed E-state index contributed by atoms with van der Waals surface area (Å²) in [4.78, 5) is 11.0. The van der Waals surface area contributed by atoms with Crippen LogP contribution in [0.5, 0.6) is 0 Å². The van der Waals surface area contributed by atoms with Crippen LogP contribution in [0.25, 0.3) is 27.5 Å². The number of carbonyl (C=O) groups excluding carboxylic acids is 1. The number of aliphatic hydroxyl groups excluding tert-OH is 1. The molecule has 0 atom stereocenters. The van der Waals surface area contributed by atoms with Gasteiger partial charge in [-0.25, -0.2) is 0 Å². The van der Waals surface area contributed by atoms with Crippen molar-refractivity contribution in [2.45, 2.75) is 19.8 Å². The molecule has 0 saturated heterocycles. The Morgan fingerprint density at radius 2 is 1.44 bits per heavy atom. The predicted molar refractivity (Wildman–Crippen MR) is 110 cm³/mol. The van der Waals surface area contributed by atoms with Crippen molar-refractivity contribution in [1.82, 2.24) is 4.57 Å². The molecule has 27 heavy (non-hydrogen) atoms. The Bertz CT molecular complexity index is 1100. The molecule has 3 nitrogen and oxygen atoms in total. The van der Waals surface area contributed by atoms with E-state index in [4.69, 9.17) is 0 Å². The second kappa shape index (κ2) is 7.12. The highest BCUT2D eigenvalue weighted by atomic mass is 16.3. The van der Waals surface area contributed by atoms with Crippen LogP contribution in [0.2, 0.25) is 0 Å². The van der Waals surface area contributed by atoms with Crippen LogP contribution >= 0.6 is 0 Å². The monoisotopic (exact) mass is 355 g/mol. The van der Waals surface area contributed by atoms with Crippen molar-refractivity contribution >= 4 is 27.6 Å². The number of hydrogen-bond acceptors (Lipinski definition) is 2. The number of aromatic nitrogens is 1. The van der Waals surface area contributed by atoms with Crippen LogP contribution in [-0.2, 0) is 11.2 Å². The van der Waals surface area contributed by atoms with Gasteiger partial charge >= 0.3 is 0 Å². The molecular weight excluding hydrogens is 334 g/mol. The number of nitrogens with zero attached hydrogens (tertiary/aromatic N) is 1. The molecule has 3 heteroatoms. The number of aryl methyl sites for hydroxylation is 1. The second-order valence-corrected chi connectivity index (χ2v) is 6.78. The van der Waals surface area contributed by atoms with Gasteiger partial charge in [-0.2, -0.15) is 0 Å². The Hall–Kier alpha value is -3.33. The van der Waals surface area contributed by atoms with Crippen LogP contribution in [0.15, 0.2) is 84.6 Å². The van der Waals surface area contributed by atoms with E-state index in [1.165, 1.54) is 34.8 Å². The zero-order chi connectivity index (χ0) is 18.8. The first kappa shape index (κ1) is 17.1. The van der Waals surface area contributed by atoms with Gasteiger partial charge in [-0.15, -0.1) is 0 Å². The highest BCUT2D eigenvalue weighted by Crippen LogP contribution is 2.31. The minimum absolute atomic E-state index is 0.130. The summed E-state index contributed by atoms with van der Waals surface area (Å²) >= 11 is 0. The predicted octanol–water partition coefficient (Wildman–Crippen LogP) is 5.75. The van der Waals surface area contributed by atoms with Gasteiger partial charge < -0.3 is 9.67 Å². The lowest BCUT2D eigenvalue weighted by atomic mass is 10.1. The van der Waals surface area contributed by atoms with Crippen molar-refractivity contribution in [3.8, 4) is 5.69 Å². The molecule has 1 aromatic heterocycles. The van der Waals surface area contributed by atoms with Crippen LogP contribution in [0.1, 0.15) is 18.9 Å². The Morgan fingerprint density at radius 3 is 2.00 bits per heavy atom. The first-order valence-electron chi connectivity index (χ1n) is 9.11. The molecule has 0 aliphatic heterocycles. The smallest absolute Gasteiger partial charge is 0.155 e. The molecule has 0 radical (unpaired) electrons. The Balaban J connectivity index is 1.69. The summed E-state index contributed by atoms with van der Waals surface area (Å²) in [5.74, 6) is 0.00295. The van der Waals surface area contributed by atoms with Crippen molar-refractivity contribution in [3.63, 3.8) is 0 Å². The first-order valence-corrected chi connectivity index (χ1v) is 9.11. The molecule has 0 aliphatic rings. The summed E-state index contributed by atoms with van der Waals surface area (Å²) in [6.45, 7) is 1.44. The molecule has 4 aromatic rings. The molecule has 0 fully saturated rings. The van der Waals surface area contributed by atoms with Gasteiger partial charge in [0, 0.05) is 29.0 Å². The lowest BCUT2D eigenvalue weighted by Crippen LogP contribution is -1.95. The number of allylic oxidation sites excluding steroid dienone is 2. The van der Waals surface area contributed by atoms with Crippen LogP contribution < -0.4 is 0 Å². The molecule has 1 heterocycles. The summed E-state index contributed by atoms with van der Waals surface area (Å²) in [7, 11) is 0. The maximum Gasteiger partial charge on any atom is 0.155 e. The van der Waals surface area contributed by atoms with Crippen molar-refractivity contribution in [3.05, 3.63) is 90.2 Å². The van der Waals surface area contributed by atoms with E-state index in [1.807, 2.05) is 0 Å². The fraction of sp³-hybridized carbons (Fsp3) is 0.125. The molecular formula is C24H21NO2. The fourth-order valence-electron chi connectivity index (χ4n) is 3.59. The summed E-state index contributed by atoms with van der Waals surface area (Å²) in [6, 6.07) is 25.3. The molecule has 0 saturated carbocycles. The second-order valence-electron chi connectivity index (χ2n) is 6.78. The Morgan fingerprint density at radius 1 is 0.889 bits per heavy atom. The molecule has 0 aliphatic carbocycles. The van der Waals surface area contributed by atoms with E-state index < -0.39 is 0 Å². The molecule has 3 aromatic carbocycles. The molecule has 0 amide bonds. The Kier molecular flexibility index (Phi) is 4.51. The van der Waals surface area contributed by atoms with Gasteiger partial charge in [0.1, 0.15) is 0 Å². The van der Waals surface area contributed by atoms with Gasteiger partial charge in [0.15, 0.2) is 5.78 Å². The van der Waals surface area contributed by atoms with E-state index in [-0.39, 0.29) is 11.5 Å². The summed E-state index contributed by atoms with van der Waals surface area (Å²) in [5, 5.41) is 12.3.